The summed E-state index contributed by atoms with van der Waals surface area (Å²) in [5.41, 5.74) is 2.29. The Balaban J connectivity index is 2.17. The van der Waals surface area contributed by atoms with Crippen LogP contribution in [0, 0.1) is 0 Å². The molecule has 2 rings (SSSR count). The first-order valence-corrected chi connectivity index (χ1v) is 6.90. The van der Waals surface area contributed by atoms with Crippen LogP contribution in [0.3, 0.4) is 0 Å². The van der Waals surface area contributed by atoms with Gasteiger partial charge in [-0.1, -0.05) is 12.1 Å². The van der Waals surface area contributed by atoms with E-state index in [9.17, 15) is 14.7 Å². The topological polar surface area (TPSA) is 69.6 Å². The molecule has 20 heavy (non-hydrogen) atoms. The molecule has 1 aliphatic heterocycles. The van der Waals surface area contributed by atoms with E-state index in [4.69, 9.17) is 0 Å². The number of rotatable bonds is 4. The predicted octanol–water partition coefficient (Wildman–Crippen LogP) is 1.27. The van der Waals surface area contributed by atoms with E-state index in [-0.39, 0.29) is 11.9 Å². The number of nitrogens with one attached hydrogen (secondary N) is 1. The second-order valence-corrected chi connectivity index (χ2v) is 5.04. The SMILES string of the molecule is CCNC(=O)C(C)N1CCc2c(cccc2C(=O)O)C1. The summed E-state index contributed by atoms with van der Waals surface area (Å²) in [4.78, 5) is 25.2. The van der Waals surface area contributed by atoms with Gasteiger partial charge in [0.2, 0.25) is 5.91 Å². The molecule has 1 amide bonds. The number of carboxylic acids is 1. The highest BCUT2D eigenvalue weighted by Crippen LogP contribution is 2.24. The molecule has 0 fully saturated rings. The molecule has 0 radical (unpaired) electrons. The zero-order valence-corrected chi connectivity index (χ0v) is 11.8. The summed E-state index contributed by atoms with van der Waals surface area (Å²) in [5.74, 6) is -0.864. The van der Waals surface area contributed by atoms with E-state index in [1.54, 1.807) is 12.1 Å². The van der Waals surface area contributed by atoms with Crippen LogP contribution in [-0.2, 0) is 17.8 Å². The van der Waals surface area contributed by atoms with Gasteiger partial charge in [-0.15, -0.1) is 0 Å². The Bertz CT molecular complexity index is 528. The summed E-state index contributed by atoms with van der Waals surface area (Å²) in [5, 5.41) is 12.0. The number of likely N-dealkylation sites (N-methyl/N-ethyl adjacent to an activating group) is 1. The molecular formula is C15H20N2O3. The van der Waals surface area contributed by atoms with Crippen molar-refractivity contribution >= 4 is 11.9 Å². The van der Waals surface area contributed by atoms with Crippen molar-refractivity contribution < 1.29 is 14.7 Å². The smallest absolute Gasteiger partial charge is 0.335 e. The van der Waals surface area contributed by atoms with Crippen molar-refractivity contribution in [1.29, 1.82) is 0 Å². The number of carboxylic acid groups (broad SMARTS) is 1. The normalized spacial score (nSPS) is 16.3. The molecule has 0 aliphatic carbocycles. The monoisotopic (exact) mass is 276 g/mol. The van der Waals surface area contributed by atoms with Crippen LogP contribution in [0.15, 0.2) is 18.2 Å². The summed E-state index contributed by atoms with van der Waals surface area (Å²) in [6.45, 7) is 5.73. The standard InChI is InChI=1S/C15H20N2O3/c1-3-16-14(18)10(2)17-8-7-12-11(9-17)5-4-6-13(12)15(19)20/h4-6,10H,3,7-9H2,1-2H3,(H,16,18)(H,19,20). The van der Waals surface area contributed by atoms with Crippen LogP contribution in [-0.4, -0.2) is 41.0 Å². The Morgan fingerprint density at radius 1 is 1.45 bits per heavy atom. The summed E-state index contributed by atoms with van der Waals surface area (Å²) in [7, 11) is 0. The number of carbonyl (C=O) groups is 2. The number of fused-ring (bicyclic) bond motifs is 1. The average Bonchev–Trinajstić information content (AvgIpc) is 2.45. The van der Waals surface area contributed by atoms with E-state index in [1.165, 1.54) is 0 Å². The van der Waals surface area contributed by atoms with Gasteiger partial charge < -0.3 is 10.4 Å². The Hall–Kier alpha value is -1.88. The van der Waals surface area contributed by atoms with Gasteiger partial charge in [0.25, 0.3) is 0 Å². The lowest BCUT2D eigenvalue weighted by Gasteiger charge is -2.33. The van der Waals surface area contributed by atoms with E-state index in [0.717, 1.165) is 11.1 Å². The minimum absolute atomic E-state index is 0.0188. The van der Waals surface area contributed by atoms with Gasteiger partial charge in [0.15, 0.2) is 0 Å². The highest BCUT2D eigenvalue weighted by molar-refractivity contribution is 5.90. The third-order valence-corrected chi connectivity index (χ3v) is 3.80. The Morgan fingerprint density at radius 3 is 2.85 bits per heavy atom. The van der Waals surface area contributed by atoms with E-state index >= 15 is 0 Å². The highest BCUT2D eigenvalue weighted by atomic mass is 16.4. The Morgan fingerprint density at radius 2 is 2.20 bits per heavy atom. The maximum Gasteiger partial charge on any atom is 0.335 e. The molecule has 1 aliphatic rings. The van der Waals surface area contributed by atoms with Crippen molar-refractivity contribution in [3.05, 3.63) is 34.9 Å². The number of aromatic carboxylic acids is 1. The molecule has 1 heterocycles. The van der Waals surface area contributed by atoms with Crippen LogP contribution >= 0.6 is 0 Å². The molecule has 0 bridgehead atoms. The van der Waals surface area contributed by atoms with Crippen molar-refractivity contribution in [2.45, 2.75) is 32.9 Å². The molecule has 1 aromatic rings. The van der Waals surface area contributed by atoms with Gasteiger partial charge in [-0.2, -0.15) is 0 Å². The van der Waals surface area contributed by atoms with Crippen molar-refractivity contribution in [1.82, 2.24) is 10.2 Å². The quantitative estimate of drug-likeness (QED) is 0.869. The first-order chi connectivity index (χ1) is 9.54. The second kappa shape index (κ2) is 6.05. The number of carbonyl (C=O) groups excluding carboxylic acids is 1. The van der Waals surface area contributed by atoms with Crippen molar-refractivity contribution in [3.63, 3.8) is 0 Å². The lowest BCUT2D eigenvalue weighted by molar-refractivity contribution is -0.126. The summed E-state index contributed by atoms with van der Waals surface area (Å²) in [6.07, 6.45) is 0.668. The van der Waals surface area contributed by atoms with Gasteiger partial charge in [0.1, 0.15) is 0 Å². The molecule has 1 atom stereocenters. The second-order valence-electron chi connectivity index (χ2n) is 5.04. The van der Waals surface area contributed by atoms with Crippen LogP contribution in [0.4, 0.5) is 0 Å². The molecule has 0 aromatic heterocycles. The maximum atomic E-state index is 11.9. The van der Waals surface area contributed by atoms with Crippen molar-refractivity contribution in [3.8, 4) is 0 Å². The molecule has 5 nitrogen and oxygen atoms in total. The summed E-state index contributed by atoms with van der Waals surface area (Å²) < 4.78 is 0. The Labute approximate surface area is 118 Å². The largest absolute Gasteiger partial charge is 0.478 e. The van der Waals surface area contributed by atoms with Gasteiger partial charge >= 0.3 is 5.97 Å². The van der Waals surface area contributed by atoms with Crippen LogP contribution in [0.1, 0.15) is 35.3 Å². The van der Waals surface area contributed by atoms with E-state index < -0.39 is 5.97 Å². The van der Waals surface area contributed by atoms with Gasteiger partial charge in [0, 0.05) is 19.6 Å². The molecule has 108 valence electrons. The van der Waals surface area contributed by atoms with E-state index in [2.05, 4.69) is 10.2 Å². The molecule has 2 N–H and O–H groups in total. The predicted molar refractivity (Wildman–Crippen MR) is 75.7 cm³/mol. The number of benzene rings is 1. The summed E-state index contributed by atoms with van der Waals surface area (Å²) in [6, 6.07) is 5.15. The minimum Gasteiger partial charge on any atom is -0.478 e. The van der Waals surface area contributed by atoms with Crippen molar-refractivity contribution in [2.75, 3.05) is 13.1 Å². The van der Waals surface area contributed by atoms with Crippen molar-refractivity contribution in [2.24, 2.45) is 0 Å². The van der Waals surface area contributed by atoms with Gasteiger partial charge in [-0.3, -0.25) is 9.69 Å². The zero-order valence-electron chi connectivity index (χ0n) is 11.8. The van der Waals surface area contributed by atoms with Crippen LogP contribution < -0.4 is 5.32 Å². The first kappa shape index (κ1) is 14.5. The molecule has 0 saturated carbocycles. The number of nitrogens with zero attached hydrogens (tertiary/aromatic N) is 1. The molecule has 0 spiro atoms. The van der Waals surface area contributed by atoms with Gasteiger partial charge in [0.05, 0.1) is 11.6 Å². The van der Waals surface area contributed by atoms with E-state index in [0.29, 0.717) is 31.6 Å². The molecule has 1 aromatic carbocycles. The lowest BCUT2D eigenvalue weighted by Crippen LogP contribution is -2.47. The fourth-order valence-corrected chi connectivity index (χ4v) is 2.65. The van der Waals surface area contributed by atoms with Gasteiger partial charge in [-0.25, -0.2) is 4.79 Å². The fourth-order valence-electron chi connectivity index (χ4n) is 2.65. The molecule has 5 heteroatoms. The number of hydrogen-bond donors (Lipinski definition) is 2. The van der Waals surface area contributed by atoms with Gasteiger partial charge in [-0.05, 0) is 37.5 Å². The number of hydrogen-bond acceptors (Lipinski definition) is 3. The van der Waals surface area contributed by atoms with Crippen LogP contribution in [0.5, 0.6) is 0 Å². The third-order valence-electron chi connectivity index (χ3n) is 3.80. The van der Waals surface area contributed by atoms with Crippen LogP contribution in [0.25, 0.3) is 0 Å². The highest BCUT2D eigenvalue weighted by Gasteiger charge is 2.27. The molecule has 0 saturated heterocycles. The molecule has 1 unspecified atom stereocenters. The van der Waals surface area contributed by atoms with Crippen LogP contribution in [0.2, 0.25) is 0 Å². The molecular weight excluding hydrogens is 256 g/mol. The minimum atomic E-state index is -0.882. The number of amides is 1. The first-order valence-electron chi connectivity index (χ1n) is 6.90. The fraction of sp³-hybridized carbons (Fsp3) is 0.467. The zero-order chi connectivity index (χ0) is 14.7. The summed E-state index contributed by atoms with van der Waals surface area (Å²) >= 11 is 0. The maximum absolute atomic E-state index is 11.9. The lowest BCUT2D eigenvalue weighted by atomic mass is 9.93. The van der Waals surface area contributed by atoms with E-state index in [1.807, 2.05) is 19.9 Å². The Kier molecular flexibility index (Phi) is 4.39. The average molecular weight is 276 g/mol. The third kappa shape index (κ3) is 2.82.